The largest absolute Gasteiger partial charge is 0.500 e. The second-order valence-electron chi connectivity index (χ2n) is 13.7. The quantitative estimate of drug-likeness (QED) is 0.124. The zero-order valence-electron chi connectivity index (χ0n) is 27.6. The zero-order valence-corrected chi connectivity index (χ0v) is 31.0. The van der Waals surface area contributed by atoms with Crippen molar-refractivity contribution in [3.8, 4) is 22.5 Å². The Morgan fingerprint density at radius 2 is 1.65 bits per heavy atom. The molecule has 6 heteroatoms. The number of hydrogen-bond donors (Lipinski definition) is 0. The van der Waals surface area contributed by atoms with Crippen LogP contribution in [-0.4, -0.2) is 23.0 Å². The van der Waals surface area contributed by atoms with Crippen molar-refractivity contribution in [2.75, 3.05) is 0 Å². The van der Waals surface area contributed by atoms with Gasteiger partial charge in [0.15, 0.2) is 0 Å². The second-order valence-corrected chi connectivity index (χ2v) is 18.8. The summed E-state index contributed by atoms with van der Waals surface area (Å²) >= 11 is 0. The number of rotatable bonds is 6. The van der Waals surface area contributed by atoms with E-state index in [2.05, 4.69) is 97.2 Å². The van der Waals surface area contributed by atoms with E-state index >= 15 is 0 Å². The molecular formula is C40H43IrN3OSi-2. The van der Waals surface area contributed by atoms with Crippen LogP contribution in [0.25, 0.3) is 44.5 Å². The molecule has 1 saturated carbocycles. The Kier molecular flexibility index (Phi) is 11.0. The Hall–Kier alpha value is -3.44. The number of hydrogen-bond acceptors (Lipinski definition) is 4. The molecule has 0 N–H and O–H groups in total. The van der Waals surface area contributed by atoms with E-state index in [0.717, 1.165) is 50.9 Å². The number of fused-ring (bicyclic) bond motifs is 3. The number of para-hydroxylation sites is 1. The summed E-state index contributed by atoms with van der Waals surface area (Å²) in [5.74, 6) is 1.32. The molecule has 0 unspecified atom stereocenters. The van der Waals surface area contributed by atoms with Gasteiger partial charge in [0.1, 0.15) is 5.58 Å². The van der Waals surface area contributed by atoms with Gasteiger partial charge in [-0.2, -0.15) is 0 Å². The minimum atomic E-state index is -1.34. The molecule has 239 valence electrons. The third-order valence-corrected chi connectivity index (χ3v) is 10.8. The maximum atomic E-state index is 6.11. The fourth-order valence-corrected chi connectivity index (χ4v) is 8.11. The van der Waals surface area contributed by atoms with Crippen LogP contribution in [0.1, 0.15) is 63.0 Å². The van der Waals surface area contributed by atoms with Gasteiger partial charge in [-0.05, 0) is 77.6 Å². The van der Waals surface area contributed by atoms with Gasteiger partial charge in [-0.1, -0.05) is 99.8 Å². The first kappa shape index (κ1) is 33.9. The van der Waals surface area contributed by atoms with Crippen LogP contribution < -0.4 is 5.19 Å². The molecule has 1 aliphatic rings. The number of aromatic nitrogens is 3. The fraction of sp³-hybridized carbons (Fsp3) is 0.325. The Balaban J connectivity index is 0.000000182. The van der Waals surface area contributed by atoms with E-state index in [1.54, 1.807) is 0 Å². The van der Waals surface area contributed by atoms with Gasteiger partial charge in [-0.3, -0.25) is 0 Å². The van der Waals surface area contributed by atoms with Crippen molar-refractivity contribution in [1.82, 2.24) is 15.0 Å². The molecule has 0 amide bonds. The summed E-state index contributed by atoms with van der Waals surface area (Å²) in [5, 5.41) is 3.60. The first-order chi connectivity index (χ1) is 21.8. The van der Waals surface area contributed by atoms with Gasteiger partial charge in [-0.15, -0.1) is 35.9 Å². The number of benzene rings is 2. The fourth-order valence-electron chi connectivity index (χ4n) is 6.52. The van der Waals surface area contributed by atoms with Gasteiger partial charge in [0, 0.05) is 37.9 Å². The van der Waals surface area contributed by atoms with Crippen LogP contribution in [0.15, 0.2) is 89.7 Å². The zero-order chi connectivity index (χ0) is 31.4. The topological polar surface area (TPSA) is 51.8 Å². The van der Waals surface area contributed by atoms with Crippen molar-refractivity contribution >= 4 is 35.2 Å². The van der Waals surface area contributed by atoms with Crippen molar-refractivity contribution in [3.63, 3.8) is 0 Å². The monoisotopic (exact) mass is 802 g/mol. The third kappa shape index (κ3) is 7.74. The van der Waals surface area contributed by atoms with Crippen molar-refractivity contribution in [3.05, 3.63) is 109 Å². The van der Waals surface area contributed by atoms with Gasteiger partial charge in [0.05, 0.1) is 13.7 Å². The molecule has 0 atom stereocenters. The van der Waals surface area contributed by atoms with E-state index in [-0.39, 0.29) is 20.1 Å². The van der Waals surface area contributed by atoms with Crippen LogP contribution in [0.2, 0.25) is 19.6 Å². The van der Waals surface area contributed by atoms with E-state index in [1.165, 1.54) is 48.4 Å². The Labute approximate surface area is 288 Å². The minimum Gasteiger partial charge on any atom is -0.500 e. The van der Waals surface area contributed by atoms with Crippen LogP contribution in [0.4, 0.5) is 0 Å². The standard InChI is InChI=1S/C22H19N2O.C18H24NSi.Ir/c1-2-6-15(7-3-1)16-10-11-24-20(12-16)19-14-23-13-18-17-8-4-5-9-21(17)25-22(18)19;1-14(2)11-16-12-17(15-9-7-6-8-10-15)19-13-18(16)20(3,4)5;/h4-5,8-13,15H,1-3,6-7H2;6-9,12-14H,11H2,1-5H3;/q2*-1;. The Morgan fingerprint density at radius 3 is 2.39 bits per heavy atom. The summed E-state index contributed by atoms with van der Waals surface area (Å²) in [6, 6.07) is 26.1. The van der Waals surface area contributed by atoms with E-state index in [4.69, 9.17) is 4.42 Å². The van der Waals surface area contributed by atoms with Crippen molar-refractivity contribution in [2.24, 2.45) is 5.92 Å². The van der Waals surface area contributed by atoms with Gasteiger partial charge in [0.2, 0.25) is 0 Å². The van der Waals surface area contributed by atoms with Crippen molar-refractivity contribution in [2.45, 2.75) is 77.9 Å². The SMILES string of the molecule is CC(C)Cc1cc(-c2[c-]cccc2)ncc1[Si](C)(C)C.[Ir].[c-]1ncc2c(oc3ccccc32)c1-c1cc(C2CCCCC2)ccn1. The van der Waals surface area contributed by atoms with Crippen LogP contribution in [-0.2, 0) is 26.5 Å². The van der Waals surface area contributed by atoms with Gasteiger partial charge < -0.3 is 19.4 Å². The normalized spacial score (nSPS) is 13.8. The van der Waals surface area contributed by atoms with Crippen LogP contribution in [0.5, 0.6) is 0 Å². The molecule has 0 spiro atoms. The molecule has 7 rings (SSSR count). The first-order valence-electron chi connectivity index (χ1n) is 16.4. The summed E-state index contributed by atoms with van der Waals surface area (Å²) in [6.45, 7) is 11.7. The summed E-state index contributed by atoms with van der Waals surface area (Å²) in [6.07, 6.45) is 16.7. The van der Waals surface area contributed by atoms with Crippen LogP contribution in [0.3, 0.4) is 0 Å². The molecule has 4 aromatic heterocycles. The summed E-state index contributed by atoms with van der Waals surface area (Å²) in [5.41, 5.74) is 8.44. The molecule has 4 nitrogen and oxygen atoms in total. The smallest absolute Gasteiger partial charge is 0.121 e. The van der Waals surface area contributed by atoms with Crippen LogP contribution >= 0.6 is 0 Å². The minimum absolute atomic E-state index is 0. The Bertz CT molecular complexity index is 1890. The van der Waals surface area contributed by atoms with Gasteiger partial charge in [-0.25, -0.2) is 0 Å². The predicted octanol–water partition coefficient (Wildman–Crippen LogP) is 10.2. The molecule has 1 fully saturated rings. The molecule has 0 saturated heterocycles. The molecule has 4 heterocycles. The van der Waals surface area contributed by atoms with Crippen LogP contribution in [0, 0.1) is 18.2 Å². The second kappa shape index (κ2) is 15.0. The summed E-state index contributed by atoms with van der Waals surface area (Å²) < 4.78 is 6.11. The Morgan fingerprint density at radius 1 is 0.870 bits per heavy atom. The number of nitrogens with zero attached hydrogens (tertiary/aromatic N) is 3. The van der Waals surface area contributed by atoms with E-state index in [9.17, 15) is 0 Å². The first-order valence-corrected chi connectivity index (χ1v) is 19.9. The van der Waals surface area contributed by atoms with E-state index in [1.807, 2.05) is 48.8 Å². The molecule has 46 heavy (non-hydrogen) atoms. The third-order valence-electron chi connectivity index (χ3n) is 8.76. The predicted molar refractivity (Wildman–Crippen MR) is 189 cm³/mol. The molecule has 0 bridgehead atoms. The number of pyridine rings is 3. The van der Waals surface area contributed by atoms with Gasteiger partial charge in [0.25, 0.3) is 0 Å². The maximum absolute atomic E-state index is 6.11. The van der Waals surface area contributed by atoms with Crippen molar-refractivity contribution < 1.29 is 24.5 Å². The summed E-state index contributed by atoms with van der Waals surface area (Å²) in [4.78, 5) is 13.6. The van der Waals surface area contributed by atoms with Gasteiger partial charge >= 0.3 is 0 Å². The molecule has 1 aliphatic carbocycles. The summed E-state index contributed by atoms with van der Waals surface area (Å²) in [7, 11) is -1.34. The molecule has 0 aliphatic heterocycles. The maximum Gasteiger partial charge on any atom is 0.121 e. The molecule has 6 aromatic rings. The van der Waals surface area contributed by atoms with E-state index in [0.29, 0.717) is 11.8 Å². The molecule has 2 aromatic carbocycles. The average molecular weight is 802 g/mol. The van der Waals surface area contributed by atoms with E-state index < -0.39 is 8.07 Å². The number of furan rings is 1. The average Bonchev–Trinajstić information content (AvgIpc) is 3.44. The molecule has 1 radical (unpaired) electrons. The van der Waals surface area contributed by atoms with Crippen molar-refractivity contribution in [1.29, 1.82) is 0 Å². The molecular weight excluding hydrogens is 759 g/mol.